The van der Waals surface area contributed by atoms with Gasteiger partial charge in [0.05, 0.1) is 17.7 Å². The molecule has 0 spiro atoms. The van der Waals surface area contributed by atoms with E-state index >= 15 is 0 Å². The van der Waals surface area contributed by atoms with E-state index in [2.05, 4.69) is 14.7 Å². The van der Waals surface area contributed by atoms with Gasteiger partial charge < -0.3 is 15.6 Å². The van der Waals surface area contributed by atoms with Crippen molar-refractivity contribution in [1.82, 2.24) is 9.97 Å². The van der Waals surface area contributed by atoms with Crippen molar-refractivity contribution in [3.8, 4) is 11.6 Å². The fourth-order valence-corrected chi connectivity index (χ4v) is 2.58. The van der Waals surface area contributed by atoms with Crippen LogP contribution in [0.2, 0.25) is 5.15 Å². The van der Waals surface area contributed by atoms with E-state index in [1.54, 1.807) is 0 Å². The van der Waals surface area contributed by atoms with E-state index in [4.69, 9.17) is 22.1 Å². The third kappa shape index (κ3) is 3.44. The summed E-state index contributed by atoms with van der Waals surface area (Å²) in [4.78, 5) is 7.40. The highest BCUT2D eigenvalue weighted by Gasteiger charge is 2.18. The number of sulfonamides is 1. The summed E-state index contributed by atoms with van der Waals surface area (Å²) < 4.78 is 31.3. The number of anilines is 2. The summed E-state index contributed by atoms with van der Waals surface area (Å²) in [7, 11) is -2.62. The number of aromatic hydroxyl groups is 1. The van der Waals surface area contributed by atoms with Gasteiger partial charge in [0.1, 0.15) is 10.9 Å². The molecule has 0 amide bonds. The molecule has 8 nitrogen and oxygen atoms in total. The number of halogens is 1. The van der Waals surface area contributed by atoms with E-state index in [9.17, 15) is 13.5 Å². The summed E-state index contributed by atoms with van der Waals surface area (Å²) in [5, 5.41) is 9.32. The number of phenolic OH excluding ortho intramolecular Hbond substituents is 1. The highest BCUT2D eigenvalue weighted by Crippen LogP contribution is 2.24. The molecule has 0 atom stereocenters. The highest BCUT2D eigenvalue weighted by atomic mass is 35.5. The number of methoxy groups -OCH3 is 1. The van der Waals surface area contributed by atoms with Crippen molar-refractivity contribution in [2.75, 3.05) is 17.6 Å². The maximum absolute atomic E-state index is 12.2. The van der Waals surface area contributed by atoms with E-state index in [1.807, 2.05) is 0 Å². The lowest BCUT2D eigenvalue weighted by molar-refractivity contribution is 0.397. The Morgan fingerprint density at radius 2 is 2.05 bits per heavy atom. The van der Waals surface area contributed by atoms with Crippen LogP contribution in [0, 0.1) is 0 Å². The maximum Gasteiger partial charge on any atom is 0.264 e. The van der Waals surface area contributed by atoms with Gasteiger partial charge in [0.25, 0.3) is 10.0 Å². The van der Waals surface area contributed by atoms with Crippen molar-refractivity contribution < 1.29 is 18.3 Å². The average molecular weight is 331 g/mol. The van der Waals surface area contributed by atoms with Crippen molar-refractivity contribution in [3.05, 3.63) is 29.4 Å². The van der Waals surface area contributed by atoms with E-state index in [-0.39, 0.29) is 33.3 Å². The Bertz CT molecular complexity index is 782. The molecule has 0 aliphatic rings. The molecule has 1 aromatic carbocycles. The number of nitrogen functional groups attached to an aromatic ring is 1. The molecule has 1 aromatic heterocycles. The number of rotatable bonds is 4. The standard InChI is InChI=1S/C11H11ClN4O4S/c1-20-10-5-9(12)14-11(15-10)16-21(18,19)6-2-3-8(17)7(13)4-6/h2-5,17H,13H2,1H3,(H,14,15,16). The minimum absolute atomic E-state index is 0.0183. The SMILES string of the molecule is COc1cc(Cl)nc(NS(=O)(=O)c2ccc(O)c(N)c2)n1. The number of ether oxygens (including phenoxy) is 1. The molecule has 0 unspecified atom stereocenters. The maximum atomic E-state index is 12.2. The van der Waals surface area contributed by atoms with Crippen molar-refractivity contribution in [2.45, 2.75) is 4.90 Å². The number of hydrogen-bond donors (Lipinski definition) is 3. The Morgan fingerprint density at radius 3 is 2.67 bits per heavy atom. The van der Waals surface area contributed by atoms with Gasteiger partial charge in [0.15, 0.2) is 0 Å². The van der Waals surface area contributed by atoms with E-state index in [0.717, 1.165) is 6.07 Å². The summed E-state index contributed by atoms with van der Waals surface area (Å²) in [6, 6.07) is 4.80. The highest BCUT2D eigenvalue weighted by molar-refractivity contribution is 7.92. The number of benzene rings is 1. The van der Waals surface area contributed by atoms with Crippen LogP contribution in [0.5, 0.6) is 11.6 Å². The minimum atomic E-state index is -3.97. The zero-order valence-electron chi connectivity index (χ0n) is 10.7. The smallest absolute Gasteiger partial charge is 0.264 e. The van der Waals surface area contributed by atoms with E-state index in [0.29, 0.717) is 0 Å². The number of nitrogens with zero attached hydrogens (tertiary/aromatic N) is 2. The number of nitrogens with two attached hydrogens (primary N) is 1. The molecular weight excluding hydrogens is 320 g/mol. The van der Waals surface area contributed by atoms with Crippen LogP contribution in [-0.4, -0.2) is 30.6 Å². The van der Waals surface area contributed by atoms with Gasteiger partial charge in [-0.25, -0.2) is 18.1 Å². The van der Waals surface area contributed by atoms with Crippen LogP contribution in [0.25, 0.3) is 0 Å². The van der Waals surface area contributed by atoms with Crippen molar-refractivity contribution in [2.24, 2.45) is 0 Å². The monoisotopic (exact) mass is 330 g/mol. The topological polar surface area (TPSA) is 127 Å². The fourth-order valence-electron chi connectivity index (χ4n) is 1.43. The molecule has 2 rings (SSSR count). The van der Waals surface area contributed by atoms with Crippen molar-refractivity contribution >= 4 is 33.3 Å². The van der Waals surface area contributed by atoms with Gasteiger partial charge in [0, 0.05) is 6.07 Å². The van der Waals surface area contributed by atoms with Crippen LogP contribution in [-0.2, 0) is 10.0 Å². The predicted octanol–water partition coefficient (Wildman–Crippen LogP) is 1.23. The largest absolute Gasteiger partial charge is 0.506 e. The summed E-state index contributed by atoms with van der Waals surface area (Å²) in [5.41, 5.74) is 5.40. The second-order valence-electron chi connectivity index (χ2n) is 3.88. The van der Waals surface area contributed by atoms with Gasteiger partial charge in [-0.1, -0.05) is 11.6 Å². The Morgan fingerprint density at radius 1 is 1.33 bits per heavy atom. The zero-order valence-corrected chi connectivity index (χ0v) is 12.3. The third-order valence-electron chi connectivity index (χ3n) is 2.42. The van der Waals surface area contributed by atoms with Gasteiger partial charge in [-0.05, 0) is 18.2 Å². The molecule has 0 bridgehead atoms. The number of aromatic nitrogens is 2. The summed E-state index contributed by atoms with van der Waals surface area (Å²) in [6.45, 7) is 0. The normalized spacial score (nSPS) is 11.1. The molecular formula is C11H11ClN4O4S. The van der Waals surface area contributed by atoms with Gasteiger partial charge in [-0.15, -0.1) is 0 Å². The second-order valence-corrected chi connectivity index (χ2v) is 5.95. The van der Waals surface area contributed by atoms with Gasteiger partial charge >= 0.3 is 0 Å². The van der Waals surface area contributed by atoms with E-state index < -0.39 is 10.0 Å². The molecule has 0 saturated heterocycles. The predicted molar refractivity (Wildman–Crippen MR) is 76.9 cm³/mol. The Labute approximate surface area is 125 Å². The fraction of sp³-hybridized carbons (Fsp3) is 0.0909. The lowest BCUT2D eigenvalue weighted by Gasteiger charge is -2.09. The van der Waals surface area contributed by atoms with Gasteiger partial charge in [-0.2, -0.15) is 4.98 Å². The summed E-state index contributed by atoms with van der Waals surface area (Å²) in [5.74, 6) is -0.349. The quantitative estimate of drug-likeness (QED) is 0.437. The third-order valence-corrected chi connectivity index (χ3v) is 3.93. The lowest BCUT2D eigenvalue weighted by Crippen LogP contribution is -2.15. The number of nitrogens with one attached hydrogen (secondary N) is 1. The molecule has 0 aliphatic heterocycles. The second kappa shape index (κ2) is 5.62. The Balaban J connectivity index is 2.37. The first-order valence-electron chi connectivity index (χ1n) is 5.52. The van der Waals surface area contributed by atoms with Crippen LogP contribution in [0.3, 0.4) is 0 Å². The molecule has 0 radical (unpaired) electrons. The van der Waals surface area contributed by atoms with Crippen molar-refractivity contribution in [1.29, 1.82) is 0 Å². The minimum Gasteiger partial charge on any atom is -0.506 e. The molecule has 0 saturated carbocycles. The molecule has 21 heavy (non-hydrogen) atoms. The molecule has 2 aromatic rings. The van der Waals surface area contributed by atoms with Gasteiger partial charge in [0.2, 0.25) is 11.8 Å². The molecule has 112 valence electrons. The molecule has 1 heterocycles. The summed E-state index contributed by atoms with van der Waals surface area (Å²) in [6.07, 6.45) is 0. The Hall–Kier alpha value is -2.26. The van der Waals surface area contributed by atoms with Crippen molar-refractivity contribution in [3.63, 3.8) is 0 Å². The lowest BCUT2D eigenvalue weighted by atomic mass is 10.3. The van der Waals surface area contributed by atoms with Gasteiger partial charge in [-0.3, -0.25) is 0 Å². The first-order valence-corrected chi connectivity index (χ1v) is 7.38. The number of hydrogen-bond acceptors (Lipinski definition) is 7. The first kappa shape index (κ1) is 15.1. The number of phenols is 1. The van der Waals surface area contributed by atoms with Crippen LogP contribution >= 0.6 is 11.6 Å². The van der Waals surface area contributed by atoms with Crippen LogP contribution in [0.4, 0.5) is 11.6 Å². The average Bonchev–Trinajstić information content (AvgIpc) is 2.40. The molecule has 10 heteroatoms. The zero-order chi connectivity index (χ0) is 15.6. The Kier molecular flexibility index (Phi) is 4.05. The van der Waals surface area contributed by atoms with E-state index in [1.165, 1.54) is 25.3 Å². The van der Waals surface area contributed by atoms with Crippen LogP contribution < -0.4 is 15.2 Å². The summed E-state index contributed by atoms with van der Waals surface area (Å²) >= 11 is 5.73. The molecule has 4 N–H and O–H groups in total. The first-order chi connectivity index (χ1) is 9.81. The van der Waals surface area contributed by atoms with Crippen LogP contribution in [0.15, 0.2) is 29.2 Å². The molecule has 0 aliphatic carbocycles. The van der Waals surface area contributed by atoms with Crippen LogP contribution in [0.1, 0.15) is 0 Å². The molecule has 0 fully saturated rings.